The van der Waals surface area contributed by atoms with E-state index in [2.05, 4.69) is 0 Å². The average Bonchev–Trinajstić information content (AvgIpc) is 2.83. The Morgan fingerprint density at radius 3 is 2.74 bits per heavy atom. The fourth-order valence-corrected chi connectivity index (χ4v) is 2.26. The maximum atomic E-state index is 13.0. The van der Waals surface area contributed by atoms with Gasteiger partial charge in [-0.25, -0.2) is 0 Å². The molecule has 1 atom stereocenters. The predicted octanol–water partition coefficient (Wildman–Crippen LogP) is 2.51. The zero-order valence-electron chi connectivity index (χ0n) is 10.7. The van der Waals surface area contributed by atoms with Crippen LogP contribution in [0.2, 0.25) is 0 Å². The number of anilines is 1. The lowest BCUT2D eigenvalue weighted by Gasteiger charge is -2.24. The molecule has 2 N–H and O–H groups in total. The molecule has 6 heteroatoms. The summed E-state index contributed by atoms with van der Waals surface area (Å²) in [6, 6.07) is 4.13. The summed E-state index contributed by atoms with van der Waals surface area (Å²) in [5.41, 5.74) is 5.16. The number of alkyl halides is 3. The van der Waals surface area contributed by atoms with Crippen molar-refractivity contribution in [1.29, 1.82) is 0 Å². The van der Waals surface area contributed by atoms with Crippen LogP contribution in [0.5, 0.6) is 0 Å². The Bertz CT molecular complexity index is 442. The lowest BCUT2D eigenvalue weighted by Crippen LogP contribution is -2.32. The maximum Gasteiger partial charge on any atom is 0.416 e. The fourth-order valence-electron chi connectivity index (χ4n) is 2.26. The quantitative estimate of drug-likeness (QED) is 0.861. The number of likely N-dealkylation sites (N-methyl/N-ethyl adjacent to an activating group) is 1. The summed E-state index contributed by atoms with van der Waals surface area (Å²) < 4.78 is 44.1. The van der Waals surface area contributed by atoms with E-state index in [4.69, 9.17) is 10.5 Å². The van der Waals surface area contributed by atoms with Crippen molar-refractivity contribution in [3.63, 3.8) is 0 Å². The molecule has 106 valence electrons. The van der Waals surface area contributed by atoms with E-state index in [1.807, 2.05) is 11.9 Å². The van der Waals surface area contributed by atoms with Gasteiger partial charge in [0.05, 0.1) is 12.2 Å². The molecule has 1 aliphatic heterocycles. The van der Waals surface area contributed by atoms with E-state index in [0.29, 0.717) is 13.2 Å². The van der Waals surface area contributed by atoms with Crippen molar-refractivity contribution in [1.82, 2.24) is 4.90 Å². The third kappa shape index (κ3) is 3.39. The van der Waals surface area contributed by atoms with Crippen LogP contribution in [0.15, 0.2) is 18.2 Å². The Balaban J connectivity index is 2.19. The smallest absolute Gasteiger partial charge is 0.399 e. The summed E-state index contributed by atoms with van der Waals surface area (Å²) in [7, 11) is 1.82. The number of nitrogen functional groups attached to an aromatic ring is 1. The predicted molar refractivity (Wildman–Crippen MR) is 66.5 cm³/mol. The van der Waals surface area contributed by atoms with E-state index >= 15 is 0 Å². The molecule has 0 bridgehead atoms. The first kappa shape index (κ1) is 14.1. The molecule has 1 aromatic rings. The first-order chi connectivity index (χ1) is 8.88. The third-order valence-electron chi connectivity index (χ3n) is 3.39. The molecule has 0 aliphatic carbocycles. The fraction of sp³-hybridized carbons (Fsp3) is 0.538. The molecule has 1 heterocycles. The third-order valence-corrected chi connectivity index (χ3v) is 3.39. The zero-order chi connectivity index (χ0) is 14.0. The van der Waals surface area contributed by atoms with Crippen molar-refractivity contribution in [2.24, 2.45) is 0 Å². The van der Waals surface area contributed by atoms with Crippen LogP contribution >= 0.6 is 0 Å². The molecule has 0 saturated carbocycles. The van der Waals surface area contributed by atoms with Gasteiger partial charge in [0, 0.05) is 24.9 Å². The van der Waals surface area contributed by atoms with Crippen LogP contribution in [0.1, 0.15) is 17.5 Å². The molecule has 0 spiro atoms. The molecular formula is C13H17F3N2O. The van der Waals surface area contributed by atoms with Gasteiger partial charge in [0.25, 0.3) is 0 Å². The topological polar surface area (TPSA) is 38.5 Å². The molecule has 1 aromatic carbocycles. The molecule has 2 rings (SSSR count). The molecule has 1 aliphatic rings. The normalized spacial score (nSPS) is 20.2. The van der Waals surface area contributed by atoms with E-state index in [1.165, 1.54) is 12.1 Å². The number of halogens is 3. The van der Waals surface area contributed by atoms with Gasteiger partial charge in [-0.3, -0.25) is 4.90 Å². The van der Waals surface area contributed by atoms with E-state index in [0.717, 1.165) is 12.5 Å². The number of hydrogen-bond donors (Lipinski definition) is 1. The van der Waals surface area contributed by atoms with Crippen LogP contribution in [0.3, 0.4) is 0 Å². The summed E-state index contributed by atoms with van der Waals surface area (Å²) in [5.74, 6) is 0. The van der Waals surface area contributed by atoms with E-state index in [1.54, 1.807) is 0 Å². The number of hydrogen-bond acceptors (Lipinski definition) is 3. The monoisotopic (exact) mass is 274 g/mol. The first-order valence-electron chi connectivity index (χ1n) is 6.11. The van der Waals surface area contributed by atoms with Crippen LogP contribution < -0.4 is 5.73 Å². The standard InChI is InChI=1S/C13H17F3N2O/c1-18(11-4-5-19-8-11)7-9-2-3-10(17)6-12(9)13(14,15)16/h2-3,6,11H,4-5,7-8,17H2,1H3. The number of nitrogens with zero attached hydrogens (tertiary/aromatic N) is 1. The molecule has 0 aromatic heterocycles. The van der Waals surface area contributed by atoms with Gasteiger partial charge in [-0.15, -0.1) is 0 Å². The van der Waals surface area contributed by atoms with Crippen molar-refractivity contribution < 1.29 is 17.9 Å². The minimum Gasteiger partial charge on any atom is -0.399 e. The summed E-state index contributed by atoms with van der Waals surface area (Å²) in [5, 5.41) is 0. The summed E-state index contributed by atoms with van der Waals surface area (Å²) in [6.07, 6.45) is -3.52. The van der Waals surface area contributed by atoms with Crippen LogP contribution in [-0.4, -0.2) is 31.2 Å². The summed E-state index contributed by atoms with van der Waals surface area (Å²) >= 11 is 0. The van der Waals surface area contributed by atoms with Gasteiger partial charge in [0.15, 0.2) is 0 Å². The second kappa shape index (κ2) is 5.38. The SMILES string of the molecule is CN(Cc1ccc(N)cc1C(F)(F)F)C1CCOC1. The number of nitrogens with two attached hydrogens (primary N) is 1. The highest BCUT2D eigenvalue weighted by Gasteiger charge is 2.34. The van der Waals surface area contributed by atoms with E-state index in [-0.39, 0.29) is 23.8 Å². The molecule has 0 amide bonds. The Kier molecular flexibility index (Phi) is 4.01. The molecular weight excluding hydrogens is 257 g/mol. The van der Waals surface area contributed by atoms with Crippen molar-refractivity contribution in [2.45, 2.75) is 25.2 Å². The summed E-state index contributed by atoms with van der Waals surface area (Å²) in [6.45, 7) is 1.48. The lowest BCUT2D eigenvalue weighted by molar-refractivity contribution is -0.138. The van der Waals surface area contributed by atoms with E-state index < -0.39 is 11.7 Å². The highest BCUT2D eigenvalue weighted by atomic mass is 19.4. The van der Waals surface area contributed by atoms with E-state index in [9.17, 15) is 13.2 Å². The summed E-state index contributed by atoms with van der Waals surface area (Å²) in [4.78, 5) is 1.90. The minimum absolute atomic E-state index is 0.128. The lowest BCUT2D eigenvalue weighted by atomic mass is 10.0. The van der Waals surface area contributed by atoms with Crippen molar-refractivity contribution in [3.8, 4) is 0 Å². The molecule has 1 saturated heterocycles. The van der Waals surface area contributed by atoms with Gasteiger partial charge in [-0.05, 0) is 31.2 Å². The van der Waals surface area contributed by atoms with Crippen LogP contribution in [0.4, 0.5) is 18.9 Å². The Hall–Kier alpha value is -1.27. The Labute approximate surface area is 110 Å². The van der Waals surface area contributed by atoms with Crippen molar-refractivity contribution in [3.05, 3.63) is 29.3 Å². The molecule has 19 heavy (non-hydrogen) atoms. The van der Waals surface area contributed by atoms with Gasteiger partial charge in [-0.2, -0.15) is 13.2 Å². The minimum atomic E-state index is -4.38. The Morgan fingerprint density at radius 1 is 1.42 bits per heavy atom. The first-order valence-corrected chi connectivity index (χ1v) is 6.11. The highest BCUT2D eigenvalue weighted by molar-refractivity contribution is 5.46. The number of rotatable bonds is 3. The maximum absolute atomic E-state index is 13.0. The van der Waals surface area contributed by atoms with Crippen molar-refractivity contribution in [2.75, 3.05) is 26.0 Å². The van der Waals surface area contributed by atoms with Crippen LogP contribution in [0.25, 0.3) is 0 Å². The van der Waals surface area contributed by atoms with Crippen LogP contribution in [0, 0.1) is 0 Å². The van der Waals surface area contributed by atoms with Gasteiger partial charge >= 0.3 is 6.18 Å². The molecule has 1 unspecified atom stereocenters. The highest BCUT2D eigenvalue weighted by Crippen LogP contribution is 2.34. The largest absolute Gasteiger partial charge is 0.416 e. The second-order valence-electron chi connectivity index (χ2n) is 4.85. The average molecular weight is 274 g/mol. The number of ether oxygens (including phenoxy) is 1. The van der Waals surface area contributed by atoms with Gasteiger partial charge in [0.2, 0.25) is 0 Å². The van der Waals surface area contributed by atoms with Crippen molar-refractivity contribution >= 4 is 5.69 Å². The second-order valence-corrected chi connectivity index (χ2v) is 4.85. The molecule has 1 fully saturated rings. The zero-order valence-corrected chi connectivity index (χ0v) is 10.7. The van der Waals surface area contributed by atoms with Gasteiger partial charge < -0.3 is 10.5 Å². The van der Waals surface area contributed by atoms with Gasteiger partial charge in [0.1, 0.15) is 0 Å². The number of benzene rings is 1. The van der Waals surface area contributed by atoms with Gasteiger partial charge in [-0.1, -0.05) is 6.07 Å². The molecule has 3 nitrogen and oxygen atoms in total. The Morgan fingerprint density at radius 2 is 2.16 bits per heavy atom. The van der Waals surface area contributed by atoms with Crippen LogP contribution in [-0.2, 0) is 17.5 Å². The molecule has 0 radical (unpaired) electrons.